The SMILES string of the molecule is CN(C)c1ccc(NC(=O)C2CCC2)cc1C(=O)N1CCCC1. The van der Waals surface area contributed by atoms with Crippen LogP contribution in [0.5, 0.6) is 0 Å². The Morgan fingerprint density at radius 3 is 2.39 bits per heavy atom. The lowest BCUT2D eigenvalue weighted by atomic mass is 9.85. The third-order valence-electron chi connectivity index (χ3n) is 4.85. The van der Waals surface area contributed by atoms with E-state index in [1.54, 1.807) is 0 Å². The maximum atomic E-state index is 12.8. The topological polar surface area (TPSA) is 52.7 Å². The van der Waals surface area contributed by atoms with Gasteiger partial charge in [-0.1, -0.05) is 6.42 Å². The molecule has 1 saturated heterocycles. The third kappa shape index (κ3) is 3.33. The monoisotopic (exact) mass is 315 g/mol. The summed E-state index contributed by atoms with van der Waals surface area (Å²) >= 11 is 0. The molecule has 1 saturated carbocycles. The molecule has 0 bridgehead atoms. The van der Waals surface area contributed by atoms with Crippen molar-refractivity contribution in [3.63, 3.8) is 0 Å². The molecule has 124 valence electrons. The van der Waals surface area contributed by atoms with Crippen molar-refractivity contribution < 1.29 is 9.59 Å². The van der Waals surface area contributed by atoms with E-state index in [0.717, 1.165) is 56.6 Å². The number of carbonyl (C=O) groups is 2. The highest BCUT2D eigenvalue weighted by Gasteiger charge is 2.26. The number of hydrogen-bond donors (Lipinski definition) is 1. The van der Waals surface area contributed by atoms with Crippen molar-refractivity contribution in [1.82, 2.24) is 4.90 Å². The lowest BCUT2D eigenvalue weighted by Crippen LogP contribution is -2.30. The first-order chi connectivity index (χ1) is 11.1. The van der Waals surface area contributed by atoms with Crippen LogP contribution in [0.15, 0.2) is 18.2 Å². The first kappa shape index (κ1) is 15.8. The highest BCUT2D eigenvalue weighted by molar-refractivity contribution is 6.02. The van der Waals surface area contributed by atoms with Crippen molar-refractivity contribution in [3.05, 3.63) is 23.8 Å². The maximum absolute atomic E-state index is 12.8. The third-order valence-corrected chi connectivity index (χ3v) is 4.85. The van der Waals surface area contributed by atoms with E-state index in [-0.39, 0.29) is 17.7 Å². The van der Waals surface area contributed by atoms with Crippen molar-refractivity contribution in [2.75, 3.05) is 37.4 Å². The number of likely N-dealkylation sites (tertiary alicyclic amines) is 1. The van der Waals surface area contributed by atoms with Crippen LogP contribution >= 0.6 is 0 Å². The highest BCUT2D eigenvalue weighted by Crippen LogP contribution is 2.29. The predicted octanol–water partition coefficient (Wildman–Crippen LogP) is 2.73. The van der Waals surface area contributed by atoms with E-state index < -0.39 is 0 Å². The Bertz CT molecular complexity index is 602. The minimum absolute atomic E-state index is 0.0611. The second-order valence-electron chi connectivity index (χ2n) is 6.74. The van der Waals surface area contributed by atoms with Gasteiger partial charge in [-0.3, -0.25) is 9.59 Å². The smallest absolute Gasteiger partial charge is 0.256 e. The van der Waals surface area contributed by atoms with Gasteiger partial charge in [0.2, 0.25) is 5.91 Å². The van der Waals surface area contributed by atoms with E-state index in [1.807, 2.05) is 42.1 Å². The average molecular weight is 315 g/mol. The van der Waals surface area contributed by atoms with Crippen LogP contribution in [0.25, 0.3) is 0 Å². The molecule has 5 nitrogen and oxygen atoms in total. The normalized spacial score (nSPS) is 17.7. The Balaban J connectivity index is 1.83. The highest BCUT2D eigenvalue weighted by atomic mass is 16.2. The fourth-order valence-corrected chi connectivity index (χ4v) is 3.18. The Labute approximate surface area is 137 Å². The van der Waals surface area contributed by atoms with Gasteiger partial charge in [0.05, 0.1) is 5.56 Å². The summed E-state index contributed by atoms with van der Waals surface area (Å²) in [6.07, 6.45) is 5.22. The molecule has 0 radical (unpaired) electrons. The van der Waals surface area contributed by atoms with Gasteiger partial charge in [0.25, 0.3) is 5.91 Å². The molecular weight excluding hydrogens is 290 g/mol. The fourth-order valence-electron chi connectivity index (χ4n) is 3.18. The fraction of sp³-hybridized carbons (Fsp3) is 0.556. The minimum Gasteiger partial charge on any atom is -0.377 e. The molecule has 1 heterocycles. The van der Waals surface area contributed by atoms with E-state index in [2.05, 4.69) is 5.32 Å². The molecule has 0 aromatic heterocycles. The van der Waals surface area contributed by atoms with Gasteiger partial charge in [-0.2, -0.15) is 0 Å². The number of carbonyl (C=O) groups excluding carboxylic acids is 2. The van der Waals surface area contributed by atoms with Crippen molar-refractivity contribution in [3.8, 4) is 0 Å². The first-order valence-electron chi connectivity index (χ1n) is 8.48. The van der Waals surface area contributed by atoms with E-state index in [1.165, 1.54) is 0 Å². The maximum Gasteiger partial charge on any atom is 0.256 e. The summed E-state index contributed by atoms with van der Waals surface area (Å²) in [4.78, 5) is 28.8. The number of amides is 2. The molecule has 2 amide bonds. The van der Waals surface area contributed by atoms with Crippen LogP contribution in [0, 0.1) is 5.92 Å². The Kier molecular flexibility index (Phi) is 4.55. The lowest BCUT2D eigenvalue weighted by Gasteiger charge is -2.25. The van der Waals surface area contributed by atoms with Crippen LogP contribution in [0.3, 0.4) is 0 Å². The molecule has 3 rings (SSSR count). The summed E-state index contributed by atoms with van der Waals surface area (Å²) in [6.45, 7) is 1.65. The quantitative estimate of drug-likeness (QED) is 0.929. The molecule has 1 aromatic carbocycles. The summed E-state index contributed by atoms with van der Waals surface area (Å²) in [5.74, 6) is 0.278. The van der Waals surface area contributed by atoms with Crippen molar-refractivity contribution in [1.29, 1.82) is 0 Å². The predicted molar refractivity (Wildman–Crippen MR) is 91.9 cm³/mol. The van der Waals surface area contributed by atoms with Gasteiger partial charge >= 0.3 is 0 Å². The molecule has 1 N–H and O–H groups in total. The summed E-state index contributed by atoms with van der Waals surface area (Å²) in [7, 11) is 3.87. The zero-order valence-corrected chi connectivity index (χ0v) is 14.0. The van der Waals surface area contributed by atoms with Gasteiger partial charge in [0.15, 0.2) is 0 Å². The molecule has 23 heavy (non-hydrogen) atoms. The van der Waals surface area contributed by atoms with Crippen LogP contribution in [-0.4, -0.2) is 43.9 Å². The summed E-state index contributed by atoms with van der Waals surface area (Å²) < 4.78 is 0. The number of nitrogens with zero attached hydrogens (tertiary/aromatic N) is 2. The zero-order chi connectivity index (χ0) is 16.4. The van der Waals surface area contributed by atoms with E-state index in [0.29, 0.717) is 5.56 Å². The van der Waals surface area contributed by atoms with Crippen LogP contribution in [0.1, 0.15) is 42.5 Å². The van der Waals surface area contributed by atoms with Crippen molar-refractivity contribution >= 4 is 23.2 Å². The Hall–Kier alpha value is -2.04. The van der Waals surface area contributed by atoms with Crippen LogP contribution < -0.4 is 10.2 Å². The van der Waals surface area contributed by atoms with Crippen LogP contribution in [0.4, 0.5) is 11.4 Å². The Morgan fingerprint density at radius 1 is 1.13 bits per heavy atom. The molecule has 0 unspecified atom stereocenters. The first-order valence-corrected chi connectivity index (χ1v) is 8.48. The number of anilines is 2. The second-order valence-corrected chi connectivity index (χ2v) is 6.74. The summed E-state index contributed by atoms with van der Waals surface area (Å²) in [5, 5.41) is 2.97. The van der Waals surface area contributed by atoms with Crippen LogP contribution in [-0.2, 0) is 4.79 Å². The van der Waals surface area contributed by atoms with Gasteiger partial charge in [-0.15, -0.1) is 0 Å². The van der Waals surface area contributed by atoms with E-state index in [4.69, 9.17) is 0 Å². The summed E-state index contributed by atoms with van der Waals surface area (Å²) in [6, 6.07) is 5.62. The van der Waals surface area contributed by atoms with Crippen molar-refractivity contribution in [2.45, 2.75) is 32.1 Å². The number of rotatable bonds is 4. The molecule has 1 aliphatic carbocycles. The number of nitrogens with one attached hydrogen (secondary N) is 1. The number of benzene rings is 1. The average Bonchev–Trinajstić information content (AvgIpc) is 2.98. The molecule has 2 fully saturated rings. The molecule has 5 heteroatoms. The molecular formula is C18H25N3O2. The van der Waals surface area contributed by atoms with Gasteiger partial charge < -0.3 is 15.1 Å². The molecule has 0 spiro atoms. The summed E-state index contributed by atoms with van der Waals surface area (Å²) in [5.41, 5.74) is 2.28. The van der Waals surface area contributed by atoms with Crippen LogP contribution in [0.2, 0.25) is 0 Å². The van der Waals surface area contributed by atoms with Gasteiger partial charge in [0.1, 0.15) is 0 Å². The van der Waals surface area contributed by atoms with Gasteiger partial charge in [-0.25, -0.2) is 0 Å². The minimum atomic E-state index is 0.0611. The molecule has 1 aliphatic heterocycles. The largest absolute Gasteiger partial charge is 0.377 e. The van der Waals surface area contributed by atoms with E-state index >= 15 is 0 Å². The zero-order valence-electron chi connectivity index (χ0n) is 14.0. The van der Waals surface area contributed by atoms with Gasteiger partial charge in [-0.05, 0) is 43.9 Å². The second kappa shape index (κ2) is 6.60. The Morgan fingerprint density at radius 2 is 1.83 bits per heavy atom. The van der Waals surface area contributed by atoms with Crippen molar-refractivity contribution in [2.24, 2.45) is 5.92 Å². The lowest BCUT2D eigenvalue weighted by molar-refractivity contribution is -0.122. The van der Waals surface area contributed by atoms with E-state index in [9.17, 15) is 9.59 Å². The molecule has 2 aliphatic rings. The molecule has 1 aromatic rings. The van der Waals surface area contributed by atoms with Gasteiger partial charge in [0, 0.05) is 44.5 Å². The molecule has 0 atom stereocenters. The standard InChI is InChI=1S/C18H25N3O2/c1-20(2)16-9-8-14(19-17(22)13-6-5-7-13)12-15(16)18(23)21-10-3-4-11-21/h8-9,12-13H,3-7,10-11H2,1-2H3,(H,19,22). The number of hydrogen-bond acceptors (Lipinski definition) is 3.